The normalized spacial score (nSPS) is 9.45. The summed E-state index contributed by atoms with van der Waals surface area (Å²) in [6, 6.07) is 2.00. The van der Waals surface area contributed by atoms with E-state index in [-0.39, 0.29) is 11.3 Å². The van der Waals surface area contributed by atoms with E-state index in [0.29, 0.717) is 6.29 Å². The quantitative estimate of drug-likeness (QED) is 0.314. The van der Waals surface area contributed by atoms with Gasteiger partial charge in [0.05, 0.1) is 5.56 Å². The molecule has 0 amide bonds. The minimum Gasteiger partial charge on any atom is -0.508 e. The van der Waals surface area contributed by atoms with Crippen LogP contribution in [0.2, 0.25) is 0 Å². The van der Waals surface area contributed by atoms with Crippen molar-refractivity contribution >= 4 is 6.29 Å². The van der Waals surface area contributed by atoms with Gasteiger partial charge in [-0.25, -0.2) is 0 Å². The van der Waals surface area contributed by atoms with Crippen molar-refractivity contribution in [2.75, 3.05) is 0 Å². The van der Waals surface area contributed by atoms with Gasteiger partial charge in [-0.15, -0.1) is 0 Å². The van der Waals surface area contributed by atoms with Crippen LogP contribution in [0.15, 0.2) is 12.1 Å². The summed E-state index contributed by atoms with van der Waals surface area (Å²) in [5.41, 5.74) is -0.137. The van der Waals surface area contributed by atoms with Crippen molar-refractivity contribution in [1.29, 1.82) is 0 Å². The molecule has 0 spiro atoms. The summed E-state index contributed by atoms with van der Waals surface area (Å²) in [5.74, 6) is -1.28. The molecule has 0 atom stereocenters. The Balaban J connectivity index is 3.35. The van der Waals surface area contributed by atoms with E-state index < -0.39 is 11.5 Å². The second-order valence-corrected chi connectivity index (χ2v) is 2.02. The van der Waals surface area contributed by atoms with Crippen LogP contribution in [0.4, 0.5) is 0 Å². The number of hydrogen-bond acceptors (Lipinski definition) is 4. The zero-order chi connectivity index (χ0) is 8.43. The smallest absolute Gasteiger partial charge is 0.168 e. The summed E-state index contributed by atoms with van der Waals surface area (Å²) in [4.78, 5) is 10.1. The molecule has 0 aromatic heterocycles. The second kappa shape index (κ2) is 2.49. The highest BCUT2D eigenvalue weighted by molar-refractivity contribution is 5.81. The van der Waals surface area contributed by atoms with Gasteiger partial charge in [-0.2, -0.15) is 0 Å². The van der Waals surface area contributed by atoms with Gasteiger partial charge >= 0.3 is 0 Å². The van der Waals surface area contributed by atoms with E-state index in [2.05, 4.69) is 0 Å². The molecule has 0 heterocycles. The predicted octanol–water partition coefficient (Wildman–Crippen LogP) is 0.616. The number of hydrogen-bond donors (Lipinski definition) is 3. The number of phenolic OH excluding ortho intramolecular Hbond substituents is 3. The first-order valence-electron chi connectivity index (χ1n) is 2.85. The molecular formula is C7H6O4. The molecule has 11 heavy (non-hydrogen) atoms. The van der Waals surface area contributed by atoms with Crippen LogP contribution >= 0.6 is 0 Å². The van der Waals surface area contributed by atoms with Crippen molar-refractivity contribution in [3.63, 3.8) is 0 Å². The number of carbonyl (C=O) groups excluding carboxylic acids is 1. The first kappa shape index (κ1) is 7.40. The maximum absolute atomic E-state index is 10.1. The van der Waals surface area contributed by atoms with Crippen LogP contribution in [0.1, 0.15) is 10.4 Å². The molecule has 0 radical (unpaired) electrons. The summed E-state index contributed by atoms with van der Waals surface area (Å²) in [5, 5.41) is 26.6. The van der Waals surface area contributed by atoms with Gasteiger partial charge in [0, 0.05) is 6.07 Å². The van der Waals surface area contributed by atoms with Gasteiger partial charge in [0.1, 0.15) is 5.75 Å². The van der Waals surface area contributed by atoms with Gasteiger partial charge in [0.2, 0.25) is 0 Å². The Bertz CT molecular complexity index is 293. The fraction of sp³-hybridized carbons (Fsp3) is 0. The SMILES string of the molecule is O=Cc1cc(O)cc(O)c1O. The molecule has 0 unspecified atom stereocenters. The summed E-state index contributed by atoms with van der Waals surface area (Å²) in [6.45, 7) is 0. The molecule has 0 saturated carbocycles. The van der Waals surface area contributed by atoms with E-state index in [4.69, 9.17) is 15.3 Å². The van der Waals surface area contributed by atoms with E-state index in [9.17, 15) is 4.79 Å². The molecule has 0 saturated heterocycles. The van der Waals surface area contributed by atoms with E-state index in [1.165, 1.54) is 0 Å². The van der Waals surface area contributed by atoms with Crippen molar-refractivity contribution in [1.82, 2.24) is 0 Å². The lowest BCUT2D eigenvalue weighted by molar-refractivity contribution is 0.112. The van der Waals surface area contributed by atoms with E-state index in [0.717, 1.165) is 12.1 Å². The highest BCUT2D eigenvalue weighted by Gasteiger charge is 2.06. The van der Waals surface area contributed by atoms with Crippen molar-refractivity contribution in [2.45, 2.75) is 0 Å². The lowest BCUT2D eigenvalue weighted by atomic mass is 10.2. The number of aldehydes is 1. The van der Waals surface area contributed by atoms with Gasteiger partial charge in [0.25, 0.3) is 0 Å². The highest BCUT2D eigenvalue weighted by atomic mass is 16.3. The third-order valence-electron chi connectivity index (χ3n) is 1.23. The van der Waals surface area contributed by atoms with E-state index in [1.54, 1.807) is 0 Å². The number of carbonyl (C=O) groups is 1. The molecule has 58 valence electrons. The third kappa shape index (κ3) is 1.24. The van der Waals surface area contributed by atoms with E-state index in [1.807, 2.05) is 0 Å². The number of phenols is 3. The molecule has 3 N–H and O–H groups in total. The minimum absolute atomic E-state index is 0.137. The molecule has 0 fully saturated rings. The summed E-state index contributed by atoms with van der Waals surface area (Å²) in [7, 11) is 0. The average Bonchev–Trinajstić information content (AvgIpc) is 1.96. The van der Waals surface area contributed by atoms with Gasteiger partial charge in [-0.3, -0.25) is 4.79 Å². The van der Waals surface area contributed by atoms with Crippen LogP contribution in [0.3, 0.4) is 0 Å². The average molecular weight is 154 g/mol. The Morgan fingerprint density at radius 3 is 2.36 bits per heavy atom. The van der Waals surface area contributed by atoms with Crippen molar-refractivity contribution in [3.8, 4) is 17.2 Å². The molecule has 1 rings (SSSR count). The Hall–Kier alpha value is -1.71. The predicted molar refractivity (Wildman–Crippen MR) is 36.8 cm³/mol. The molecule has 0 aliphatic carbocycles. The summed E-state index contributed by atoms with van der Waals surface area (Å²) >= 11 is 0. The largest absolute Gasteiger partial charge is 0.508 e. The van der Waals surface area contributed by atoms with Crippen LogP contribution < -0.4 is 0 Å². The summed E-state index contributed by atoms with van der Waals surface area (Å²) < 4.78 is 0. The Morgan fingerprint density at radius 2 is 1.82 bits per heavy atom. The van der Waals surface area contributed by atoms with Crippen LogP contribution in [0, 0.1) is 0 Å². The number of aromatic hydroxyl groups is 3. The lowest BCUT2D eigenvalue weighted by Gasteiger charge is -2.00. The van der Waals surface area contributed by atoms with Crippen molar-refractivity contribution in [3.05, 3.63) is 17.7 Å². The second-order valence-electron chi connectivity index (χ2n) is 2.02. The third-order valence-corrected chi connectivity index (χ3v) is 1.23. The molecule has 0 aliphatic heterocycles. The van der Waals surface area contributed by atoms with Crippen molar-refractivity contribution < 1.29 is 20.1 Å². The van der Waals surface area contributed by atoms with Gasteiger partial charge in [0.15, 0.2) is 17.8 Å². The van der Waals surface area contributed by atoms with Gasteiger partial charge < -0.3 is 15.3 Å². The van der Waals surface area contributed by atoms with Gasteiger partial charge in [-0.1, -0.05) is 0 Å². The fourth-order valence-corrected chi connectivity index (χ4v) is 0.716. The maximum atomic E-state index is 10.1. The van der Waals surface area contributed by atoms with Crippen LogP contribution in [-0.4, -0.2) is 21.6 Å². The minimum atomic E-state index is -0.516. The first-order chi connectivity index (χ1) is 5.15. The Morgan fingerprint density at radius 1 is 1.18 bits per heavy atom. The standard InChI is InChI=1S/C7H6O4/c8-3-4-1-5(9)2-6(10)7(4)11/h1-3,9-11H. The summed E-state index contributed by atoms with van der Waals surface area (Å²) in [6.07, 6.45) is 0.342. The lowest BCUT2D eigenvalue weighted by Crippen LogP contribution is -1.81. The topological polar surface area (TPSA) is 77.8 Å². The Kier molecular flexibility index (Phi) is 1.68. The molecule has 4 nitrogen and oxygen atoms in total. The number of rotatable bonds is 1. The molecule has 0 bridgehead atoms. The monoisotopic (exact) mass is 154 g/mol. The highest BCUT2D eigenvalue weighted by Crippen LogP contribution is 2.31. The Labute approximate surface area is 62.3 Å². The molecule has 0 aliphatic rings. The fourth-order valence-electron chi connectivity index (χ4n) is 0.716. The van der Waals surface area contributed by atoms with Gasteiger partial charge in [-0.05, 0) is 6.07 Å². The molecule has 1 aromatic rings. The van der Waals surface area contributed by atoms with Crippen molar-refractivity contribution in [2.24, 2.45) is 0 Å². The number of benzene rings is 1. The molecular weight excluding hydrogens is 148 g/mol. The van der Waals surface area contributed by atoms with Crippen LogP contribution in [-0.2, 0) is 0 Å². The zero-order valence-electron chi connectivity index (χ0n) is 5.48. The molecule has 1 aromatic carbocycles. The van der Waals surface area contributed by atoms with Crippen LogP contribution in [0.5, 0.6) is 17.2 Å². The maximum Gasteiger partial charge on any atom is 0.168 e. The van der Waals surface area contributed by atoms with E-state index >= 15 is 0 Å². The zero-order valence-corrected chi connectivity index (χ0v) is 5.48. The first-order valence-corrected chi connectivity index (χ1v) is 2.85. The molecule has 4 heteroatoms. The van der Waals surface area contributed by atoms with Crippen LogP contribution in [0.25, 0.3) is 0 Å².